The van der Waals surface area contributed by atoms with Gasteiger partial charge in [-0.3, -0.25) is 4.79 Å². The second kappa shape index (κ2) is 8.61. The van der Waals surface area contributed by atoms with E-state index in [2.05, 4.69) is 38.6 Å². The normalized spacial score (nSPS) is 14.2. The van der Waals surface area contributed by atoms with Gasteiger partial charge >= 0.3 is 5.97 Å². The average molecular weight is 407 g/mol. The van der Waals surface area contributed by atoms with E-state index in [9.17, 15) is 9.59 Å². The minimum absolute atomic E-state index is 0.164. The van der Waals surface area contributed by atoms with Gasteiger partial charge in [-0.2, -0.15) is 10.1 Å². The molecule has 0 bridgehead atoms. The van der Waals surface area contributed by atoms with Crippen molar-refractivity contribution >= 4 is 17.7 Å². The van der Waals surface area contributed by atoms with E-state index in [0.29, 0.717) is 17.9 Å². The first-order valence-electron chi connectivity index (χ1n) is 10.3. The van der Waals surface area contributed by atoms with Gasteiger partial charge in [0.15, 0.2) is 6.61 Å². The van der Waals surface area contributed by atoms with Gasteiger partial charge in [-0.1, -0.05) is 25.1 Å². The van der Waals surface area contributed by atoms with E-state index in [0.717, 1.165) is 18.4 Å². The summed E-state index contributed by atoms with van der Waals surface area (Å²) in [5.74, 6) is -0.533. The molecule has 0 spiro atoms. The van der Waals surface area contributed by atoms with Gasteiger partial charge < -0.3 is 10.1 Å². The van der Waals surface area contributed by atoms with Crippen molar-refractivity contribution in [3.05, 3.63) is 58.7 Å². The van der Waals surface area contributed by atoms with E-state index in [4.69, 9.17) is 4.74 Å². The van der Waals surface area contributed by atoms with Gasteiger partial charge in [-0.05, 0) is 55.7 Å². The van der Waals surface area contributed by atoms with Crippen LogP contribution in [0.3, 0.4) is 0 Å². The molecule has 2 heterocycles. The van der Waals surface area contributed by atoms with Crippen LogP contribution in [0.4, 0.5) is 0 Å². The lowest BCUT2D eigenvalue weighted by Crippen LogP contribution is -2.31. The monoisotopic (exact) mass is 407 g/mol. The highest BCUT2D eigenvalue weighted by Gasteiger charge is 2.19. The second-order valence-electron chi connectivity index (χ2n) is 7.54. The van der Waals surface area contributed by atoms with Gasteiger partial charge in [0.1, 0.15) is 6.33 Å². The first-order chi connectivity index (χ1) is 14.6. The predicted molar refractivity (Wildman–Crippen MR) is 110 cm³/mol. The molecule has 4 rings (SSSR count). The average Bonchev–Trinajstić information content (AvgIpc) is 3.25. The van der Waals surface area contributed by atoms with Gasteiger partial charge in [0.25, 0.3) is 11.7 Å². The lowest BCUT2D eigenvalue weighted by atomic mass is 9.89. The number of hydrogen-bond donors (Lipinski definition) is 1. The van der Waals surface area contributed by atoms with Crippen LogP contribution in [-0.2, 0) is 28.8 Å². The van der Waals surface area contributed by atoms with Crippen molar-refractivity contribution in [1.29, 1.82) is 0 Å². The summed E-state index contributed by atoms with van der Waals surface area (Å²) in [4.78, 5) is 33.0. The molecule has 1 N–H and O–H groups in total. The maximum absolute atomic E-state index is 12.5. The highest BCUT2D eigenvalue weighted by molar-refractivity contribution is 5.92. The summed E-state index contributed by atoms with van der Waals surface area (Å²) in [6.07, 6.45) is 8.01. The van der Waals surface area contributed by atoms with Crippen LogP contribution < -0.4 is 5.32 Å². The number of esters is 1. The summed E-state index contributed by atoms with van der Waals surface area (Å²) < 4.78 is 6.74. The molecule has 2 aromatic heterocycles. The van der Waals surface area contributed by atoms with Crippen molar-refractivity contribution in [3.8, 4) is 0 Å². The number of rotatable bonds is 6. The van der Waals surface area contributed by atoms with Gasteiger partial charge in [0.05, 0.1) is 17.3 Å². The third-order valence-corrected chi connectivity index (χ3v) is 5.54. The Hall–Kier alpha value is -3.29. The highest BCUT2D eigenvalue weighted by atomic mass is 16.5. The van der Waals surface area contributed by atoms with Crippen LogP contribution in [0.1, 0.15) is 65.5 Å². The fourth-order valence-electron chi connectivity index (χ4n) is 3.93. The zero-order chi connectivity index (χ0) is 21.1. The third-order valence-electron chi connectivity index (χ3n) is 5.54. The number of carbonyl (C=O) groups excluding carboxylic acids is 2. The Balaban J connectivity index is 1.37. The number of ether oxygens (including phenoxy) is 1. The number of aromatic nitrogens is 4. The van der Waals surface area contributed by atoms with Crippen molar-refractivity contribution in [3.63, 3.8) is 0 Å². The smallest absolute Gasteiger partial charge is 0.342 e. The summed E-state index contributed by atoms with van der Waals surface area (Å²) in [5.41, 5.74) is 4.76. The standard InChI is InChI=1S/C22H25N5O3/c1-3-19-18(11-23-22-24-13-25-27(19)22)21(29)30-12-20(28)26-14(2)16-9-8-15-6-4-5-7-17(15)10-16/h8-11,13-14H,3-7,12H2,1-2H3,(H,26,28). The second-order valence-corrected chi connectivity index (χ2v) is 7.54. The summed E-state index contributed by atoms with van der Waals surface area (Å²) >= 11 is 0. The maximum Gasteiger partial charge on any atom is 0.342 e. The van der Waals surface area contributed by atoms with Crippen molar-refractivity contribution in [2.45, 2.75) is 52.0 Å². The van der Waals surface area contributed by atoms with Crippen LogP contribution in [0.5, 0.6) is 0 Å². The van der Waals surface area contributed by atoms with E-state index in [1.165, 1.54) is 41.0 Å². The first kappa shape index (κ1) is 20.0. The molecular weight excluding hydrogens is 382 g/mol. The van der Waals surface area contributed by atoms with Crippen molar-refractivity contribution in [2.24, 2.45) is 0 Å². The van der Waals surface area contributed by atoms with Crippen LogP contribution in [0, 0.1) is 0 Å². The van der Waals surface area contributed by atoms with E-state index >= 15 is 0 Å². The lowest BCUT2D eigenvalue weighted by Gasteiger charge is -2.20. The lowest BCUT2D eigenvalue weighted by molar-refractivity contribution is -0.124. The molecule has 1 amide bonds. The van der Waals surface area contributed by atoms with Crippen molar-refractivity contribution < 1.29 is 14.3 Å². The van der Waals surface area contributed by atoms with Gasteiger partial charge in [0.2, 0.25) is 0 Å². The predicted octanol–water partition coefficient (Wildman–Crippen LogP) is 2.60. The molecule has 1 unspecified atom stereocenters. The largest absolute Gasteiger partial charge is 0.452 e. The molecule has 1 aliphatic rings. The van der Waals surface area contributed by atoms with E-state index in [-0.39, 0.29) is 24.1 Å². The number of carbonyl (C=O) groups is 2. The minimum Gasteiger partial charge on any atom is -0.452 e. The Bertz CT molecular complexity index is 1090. The van der Waals surface area contributed by atoms with Crippen LogP contribution >= 0.6 is 0 Å². The number of nitrogens with one attached hydrogen (secondary N) is 1. The first-order valence-corrected chi connectivity index (χ1v) is 10.3. The summed E-state index contributed by atoms with van der Waals surface area (Å²) in [5, 5.41) is 6.99. The molecule has 0 radical (unpaired) electrons. The summed E-state index contributed by atoms with van der Waals surface area (Å²) in [6.45, 7) is 3.48. The number of aryl methyl sites for hydroxylation is 3. The summed E-state index contributed by atoms with van der Waals surface area (Å²) in [7, 11) is 0. The Morgan fingerprint density at radius 2 is 2.00 bits per heavy atom. The highest BCUT2D eigenvalue weighted by Crippen LogP contribution is 2.24. The molecule has 0 fully saturated rings. The SMILES string of the molecule is CCc1c(C(=O)OCC(=O)NC(C)c2ccc3c(c2)CCCC3)cnc2ncnn12. The van der Waals surface area contributed by atoms with Gasteiger partial charge in [0, 0.05) is 6.20 Å². The molecule has 0 saturated carbocycles. The summed E-state index contributed by atoms with van der Waals surface area (Å²) in [6, 6.07) is 6.24. The number of nitrogens with zero attached hydrogens (tertiary/aromatic N) is 4. The van der Waals surface area contributed by atoms with E-state index < -0.39 is 5.97 Å². The maximum atomic E-state index is 12.5. The van der Waals surface area contributed by atoms with Gasteiger partial charge in [-0.15, -0.1) is 0 Å². The van der Waals surface area contributed by atoms with E-state index in [1.807, 2.05) is 13.8 Å². The van der Waals surface area contributed by atoms with E-state index in [1.54, 1.807) is 0 Å². The molecule has 0 aliphatic heterocycles. The molecule has 1 atom stereocenters. The minimum atomic E-state index is -0.603. The quantitative estimate of drug-likeness (QED) is 0.631. The van der Waals surface area contributed by atoms with Crippen LogP contribution in [0.2, 0.25) is 0 Å². The number of benzene rings is 1. The molecular formula is C22H25N5O3. The molecule has 1 aliphatic carbocycles. The zero-order valence-corrected chi connectivity index (χ0v) is 17.2. The Morgan fingerprint density at radius 1 is 1.20 bits per heavy atom. The van der Waals surface area contributed by atoms with Crippen LogP contribution in [0.15, 0.2) is 30.7 Å². The molecule has 1 aromatic carbocycles. The van der Waals surface area contributed by atoms with Crippen molar-refractivity contribution in [1.82, 2.24) is 24.9 Å². The fraction of sp³-hybridized carbons (Fsp3) is 0.409. The number of fused-ring (bicyclic) bond motifs is 2. The Morgan fingerprint density at radius 3 is 2.80 bits per heavy atom. The van der Waals surface area contributed by atoms with Crippen LogP contribution in [0.25, 0.3) is 5.78 Å². The van der Waals surface area contributed by atoms with Crippen molar-refractivity contribution in [2.75, 3.05) is 6.61 Å². The number of hydrogen-bond acceptors (Lipinski definition) is 6. The Labute approximate surface area is 174 Å². The molecule has 156 valence electrons. The molecule has 30 heavy (non-hydrogen) atoms. The molecule has 0 saturated heterocycles. The van der Waals surface area contributed by atoms with Crippen LogP contribution in [-0.4, -0.2) is 38.1 Å². The fourth-order valence-corrected chi connectivity index (χ4v) is 3.93. The number of amides is 1. The Kier molecular flexibility index (Phi) is 5.74. The zero-order valence-electron chi connectivity index (χ0n) is 17.2. The molecule has 8 nitrogen and oxygen atoms in total. The van der Waals surface area contributed by atoms with Gasteiger partial charge in [-0.25, -0.2) is 14.3 Å². The third kappa shape index (κ3) is 4.03. The topological polar surface area (TPSA) is 98.5 Å². The molecule has 3 aromatic rings. The molecule has 8 heteroatoms.